The van der Waals surface area contributed by atoms with Crippen LogP contribution < -0.4 is 0 Å². The largest absolute Gasteiger partial charge is 0.298 e. The Morgan fingerprint density at radius 2 is 2.00 bits per heavy atom. The van der Waals surface area contributed by atoms with Crippen molar-refractivity contribution in [2.75, 3.05) is 0 Å². The van der Waals surface area contributed by atoms with Crippen LogP contribution in [0.3, 0.4) is 0 Å². The van der Waals surface area contributed by atoms with E-state index in [4.69, 9.17) is 11.6 Å². The molecule has 0 unspecified atom stereocenters. The van der Waals surface area contributed by atoms with E-state index in [0.717, 1.165) is 17.5 Å². The molecule has 0 radical (unpaired) electrons. The molecule has 0 fully saturated rings. The molecule has 4 nitrogen and oxygen atoms in total. The van der Waals surface area contributed by atoms with Gasteiger partial charge >= 0.3 is 0 Å². The molecule has 18 heavy (non-hydrogen) atoms. The van der Waals surface area contributed by atoms with Gasteiger partial charge in [0.25, 0.3) is 0 Å². The Hall–Kier alpha value is -2.20. The Labute approximate surface area is 108 Å². The maximum Gasteiger partial charge on any atom is 0.167 e. The monoisotopic (exact) mass is 257 g/mol. The molecule has 2 aromatic heterocycles. The van der Waals surface area contributed by atoms with E-state index in [-0.39, 0.29) is 0 Å². The van der Waals surface area contributed by atoms with Crippen LogP contribution in [0.4, 0.5) is 0 Å². The lowest BCUT2D eigenvalue weighted by molar-refractivity contribution is 0.112. The number of aldehydes is 1. The minimum atomic E-state index is 0.423. The minimum absolute atomic E-state index is 0.423. The zero-order chi connectivity index (χ0) is 12.5. The van der Waals surface area contributed by atoms with Crippen LogP contribution in [0.2, 0.25) is 5.15 Å². The summed E-state index contributed by atoms with van der Waals surface area (Å²) in [6, 6.07) is 11.4. The van der Waals surface area contributed by atoms with Crippen LogP contribution in [0, 0.1) is 0 Å². The average Bonchev–Trinajstić information content (AvgIpc) is 2.83. The number of carbonyl (C=O) groups is 1. The van der Waals surface area contributed by atoms with Crippen LogP contribution >= 0.6 is 11.6 Å². The number of carbonyl (C=O) groups excluding carboxylic acids is 1. The molecule has 0 atom stereocenters. The van der Waals surface area contributed by atoms with Crippen LogP contribution in [0.15, 0.2) is 42.6 Å². The fraction of sp³-hybridized carbons (Fsp3) is 0. The standard InChI is InChI=1S/C13H8ClN3O/c14-12-6-11(9-4-2-1-3-5-9)16-13-10(8-18)7-15-17(12)13/h1-8H. The maximum atomic E-state index is 10.9. The summed E-state index contributed by atoms with van der Waals surface area (Å²) in [5, 5.41) is 4.44. The van der Waals surface area contributed by atoms with Gasteiger partial charge in [-0.2, -0.15) is 5.10 Å². The molecule has 0 bridgehead atoms. The van der Waals surface area contributed by atoms with Gasteiger partial charge in [-0.1, -0.05) is 41.9 Å². The van der Waals surface area contributed by atoms with Crippen LogP contribution in [0.5, 0.6) is 0 Å². The lowest BCUT2D eigenvalue weighted by Gasteiger charge is -2.03. The van der Waals surface area contributed by atoms with Gasteiger partial charge in [0.2, 0.25) is 0 Å². The first-order valence-electron chi connectivity index (χ1n) is 5.34. The molecule has 88 valence electrons. The van der Waals surface area contributed by atoms with E-state index in [9.17, 15) is 4.79 Å². The maximum absolute atomic E-state index is 10.9. The number of halogens is 1. The van der Waals surface area contributed by atoms with Gasteiger partial charge in [0.1, 0.15) is 5.15 Å². The van der Waals surface area contributed by atoms with Crippen molar-refractivity contribution in [1.82, 2.24) is 14.6 Å². The first kappa shape index (κ1) is 10.9. The highest BCUT2D eigenvalue weighted by atomic mass is 35.5. The molecule has 0 N–H and O–H groups in total. The van der Waals surface area contributed by atoms with Gasteiger partial charge in [0.15, 0.2) is 11.9 Å². The molecule has 3 rings (SSSR count). The van der Waals surface area contributed by atoms with Gasteiger partial charge in [0.05, 0.1) is 17.5 Å². The molecule has 0 aliphatic carbocycles. The van der Waals surface area contributed by atoms with Crippen molar-refractivity contribution in [3.8, 4) is 11.3 Å². The van der Waals surface area contributed by atoms with Gasteiger partial charge in [-0.3, -0.25) is 4.79 Å². The molecule has 1 aromatic carbocycles. The van der Waals surface area contributed by atoms with E-state index in [1.165, 1.54) is 10.7 Å². The van der Waals surface area contributed by atoms with Gasteiger partial charge in [-0.25, -0.2) is 9.50 Å². The van der Waals surface area contributed by atoms with Gasteiger partial charge in [-0.15, -0.1) is 0 Å². The van der Waals surface area contributed by atoms with Crippen molar-refractivity contribution >= 4 is 23.5 Å². The third-order valence-corrected chi connectivity index (χ3v) is 2.92. The van der Waals surface area contributed by atoms with Crippen molar-refractivity contribution in [3.63, 3.8) is 0 Å². The number of fused-ring (bicyclic) bond motifs is 1. The summed E-state index contributed by atoms with van der Waals surface area (Å²) >= 11 is 6.13. The van der Waals surface area contributed by atoms with Crippen LogP contribution in [-0.2, 0) is 0 Å². The highest BCUT2D eigenvalue weighted by molar-refractivity contribution is 6.30. The van der Waals surface area contributed by atoms with E-state index in [0.29, 0.717) is 16.4 Å². The Balaban J connectivity index is 2.29. The molecule has 0 amide bonds. The highest BCUT2D eigenvalue weighted by Crippen LogP contribution is 2.22. The molecule has 3 aromatic rings. The van der Waals surface area contributed by atoms with Crippen molar-refractivity contribution in [2.45, 2.75) is 0 Å². The van der Waals surface area contributed by atoms with E-state index < -0.39 is 0 Å². The first-order valence-corrected chi connectivity index (χ1v) is 5.72. The van der Waals surface area contributed by atoms with Crippen LogP contribution in [0.25, 0.3) is 16.9 Å². The molecule has 2 heterocycles. The number of benzene rings is 1. The summed E-state index contributed by atoms with van der Waals surface area (Å²) in [5.41, 5.74) is 2.56. The Morgan fingerprint density at radius 1 is 1.22 bits per heavy atom. The fourth-order valence-electron chi connectivity index (χ4n) is 1.78. The van der Waals surface area contributed by atoms with Gasteiger partial charge < -0.3 is 0 Å². The fourth-order valence-corrected chi connectivity index (χ4v) is 2.01. The summed E-state index contributed by atoms with van der Waals surface area (Å²) in [7, 11) is 0. The lowest BCUT2D eigenvalue weighted by atomic mass is 10.1. The summed E-state index contributed by atoms with van der Waals surface area (Å²) < 4.78 is 1.44. The van der Waals surface area contributed by atoms with Gasteiger partial charge in [0, 0.05) is 11.6 Å². The predicted octanol–water partition coefficient (Wildman–Crippen LogP) is 2.86. The number of hydrogen-bond acceptors (Lipinski definition) is 3. The second-order valence-electron chi connectivity index (χ2n) is 3.78. The highest BCUT2D eigenvalue weighted by Gasteiger charge is 2.10. The predicted molar refractivity (Wildman–Crippen MR) is 68.8 cm³/mol. The summed E-state index contributed by atoms with van der Waals surface area (Å²) in [6.45, 7) is 0. The van der Waals surface area contributed by atoms with Crippen molar-refractivity contribution in [1.29, 1.82) is 0 Å². The molecule has 0 aliphatic heterocycles. The normalized spacial score (nSPS) is 10.7. The van der Waals surface area contributed by atoms with Crippen LogP contribution in [-0.4, -0.2) is 20.9 Å². The molecular weight excluding hydrogens is 250 g/mol. The van der Waals surface area contributed by atoms with E-state index in [2.05, 4.69) is 10.1 Å². The summed E-state index contributed by atoms with van der Waals surface area (Å²) in [6.07, 6.45) is 2.18. The number of rotatable bonds is 2. The molecule has 5 heteroatoms. The summed E-state index contributed by atoms with van der Waals surface area (Å²) in [4.78, 5) is 15.3. The topological polar surface area (TPSA) is 47.3 Å². The Morgan fingerprint density at radius 3 is 2.72 bits per heavy atom. The molecule has 0 saturated carbocycles. The zero-order valence-electron chi connectivity index (χ0n) is 9.25. The van der Waals surface area contributed by atoms with E-state index in [1.807, 2.05) is 30.3 Å². The van der Waals surface area contributed by atoms with Gasteiger partial charge in [-0.05, 0) is 0 Å². The Bertz CT molecular complexity index is 722. The number of nitrogens with zero attached hydrogens (tertiary/aromatic N) is 3. The molecule has 0 aliphatic rings. The smallest absolute Gasteiger partial charge is 0.167 e. The third-order valence-electron chi connectivity index (χ3n) is 2.65. The Kier molecular flexibility index (Phi) is 2.57. The summed E-state index contributed by atoms with van der Waals surface area (Å²) in [5.74, 6) is 0. The zero-order valence-corrected chi connectivity index (χ0v) is 10.0. The lowest BCUT2D eigenvalue weighted by Crippen LogP contribution is -1.95. The molecule has 0 spiro atoms. The van der Waals surface area contributed by atoms with Crippen molar-refractivity contribution in [2.24, 2.45) is 0 Å². The van der Waals surface area contributed by atoms with E-state index >= 15 is 0 Å². The molecule has 0 saturated heterocycles. The van der Waals surface area contributed by atoms with Crippen molar-refractivity contribution < 1.29 is 4.79 Å². The van der Waals surface area contributed by atoms with Crippen molar-refractivity contribution in [3.05, 3.63) is 53.3 Å². The quantitative estimate of drug-likeness (QED) is 0.524. The second-order valence-corrected chi connectivity index (χ2v) is 4.17. The number of hydrogen-bond donors (Lipinski definition) is 0. The van der Waals surface area contributed by atoms with Crippen LogP contribution in [0.1, 0.15) is 10.4 Å². The molecular formula is C13H8ClN3O. The SMILES string of the molecule is O=Cc1cnn2c(Cl)cc(-c3ccccc3)nc12. The minimum Gasteiger partial charge on any atom is -0.298 e. The third kappa shape index (κ3) is 1.67. The first-order chi connectivity index (χ1) is 8.79. The van der Waals surface area contributed by atoms with E-state index in [1.54, 1.807) is 6.07 Å². The number of aromatic nitrogens is 3. The average molecular weight is 258 g/mol. The second kappa shape index (κ2) is 4.23.